The molecule has 0 unspecified atom stereocenters. The van der Waals surface area contributed by atoms with Gasteiger partial charge < -0.3 is 9.88 Å². The van der Waals surface area contributed by atoms with Crippen LogP contribution in [-0.4, -0.2) is 17.2 Å². The van der Waals surface area contributed by atoms with Crippen molar-refractivity contribution in [2.75, 3.05) is 6.54 Å². The standard InChI is InChI=1S/C10H15F3N2/c1-8(2)14-4-6-15-5-3-9(7-15)10(11,12)13/h3,5,7-8,14H,4,6H2,1-2H3. The molecule has 1 N–H and O–H groups in total. The second-order valence-corrected chi connectivity index (χ2v) is 3.74. The van der Waals surface area contributed by atoms with Crippen LogP contribution in [0.3, 0.4) is 0 Å². The molecule has 2 nitrogen and oxygen atoms in total. The molecule has 0 saturated carbocycles. The first-order chi connectivity index (χ1) is 6.89. The van der Waals surface area contributed by atoms with Crippen LogP contribution in [-0.2, 0) is 12.7 Å². The number of aromatic nitrogens is 1. The lowest BCUT2D eigenvalue weighted by Crippen LogP contribution is -2.26. The van der Waals surface area contributed by atoms with Gasteiger partial charge in [0.15, 0.2) is 0 Å². The molecule has 0 aliphatic heterocycles. The average molecular weight is 220 g/mol. The van der Waals surface area contributed by atoms with Crippen LogP contribution in [0.25, 0.3) is 0 Å². The highest BCUT2D eigenvalue weighted by Crippen LogP contribution is 2.29. The maximum Gasteiger partial charge on any atom is 0.417 e. The highest BCUT2D eigenvalue weighted by atomic mass is 19.4. The van der Waals surface area contributed by atoms with Crippen molar-refractivity contribution >= 4 is 0 Å². The molecule has 0 radical (unpaired) electrons. The monoisotopic (exact) mass is 220 g/mol. The van der Waals surface area contributed by atoms with Crippen LogP contribution in [0.1, 0.15) is 19.4 Å². The summed E-state index contributed by atoms with van der Waals surface area (Å²) in [4.78, 5) is 0. The van der Waals surface area contributed by atoms with Crippen molar-refractivity contribution in [1.82, 2.24) is 9.88 Å². The second kappa shape index (κ2) is 4.70. The van der Waals surface area contributed by atoms with Crippen molar-refractivity contribution in [3.8, 4) is 0 Å². The molecule has 0 amide bonds. The van der Waals surface area contributed by atoms with Gasteiger partial charge in [-0.2, -0.15) is 13.2 Å². The number of nitrogens with one attached hydrogen (secondary N) is 1. The molecule has 0 aromatic carbocycles. The fourth-order valence-electron chi connectivity index (χ4n) is 1.23. The van der Waals surface area contributed by atoms with E-state index in [2.05, 4.69) is 5.32 Å². The molecule has 0 aliphatic carbocycles. The zero-order valence-corrected chi connectivity index (χ0v) is 8.80. The topological polar surface area (TPSA) is 17.0 Å². The van der Waals surface area contributed by atoms with Gasteiger partial charge >= 0.3 is 6.18 Å². The van der Waals surface area contributed by atoms with Crippen molar-refractivity contribution in [2.24, 2.45) is 0 Å². The Morgan fingerprint density at radius 3 is 2.53 bits per heavy atom. The van der Waals surface area contributed by atoms with Gasteiger partial charge in [-0.1, -0.05) is 13.8 Å². The molecule has 5 heteroatoms. The summed E-state index contributed by atoms with van der Waals surface area (Å²) in [5, 5.41) is 3.14. The lowest BCUT2D eigenvalue weighted by Gasteiger charge is -2.08. The molecule has 0 fully saturated rings. The van der Waals surface area contributed by atoms with Crippen LogP contribution < -0.4 is 5.32 Å². The maximum absolute atomic E-state index is 12.2. The van der Waals surface area contributed by atoms with Gasteiger partial charge in [0.2, 0.25) is 0 Å². The predicted octanol–water partition coefficient (Wildman–Crippen LogP) is 2.50. The molecular weight excluding hydrogens is 205 g/mol. The van der Waals surface area contributed by atoms with Gasteiger partial charge in [-0.15, -0.1) is 0 Å². The number of halogens is 3. The molecule has 0 atom stereocenters. The fourth-order valence-corrected chi connectivity index (χ4v) is 1.23. The van der Waals surface area contributed by atoms with Crippen molar-refractivity contribution in [2.45, 2.75) is 32.6 Å². The minimum atomic E-state index is -4.24. The Labute approximate surface area is 87.1 Å². The first kappa shape index (κ1) is 12.1. The Morgan fingerprint density at radius 1 is 1.40 bits per heavy atom. The molecule has 0 bridgehead atoms. The minimum Gasteiger partial charge on any atom is -0.352 e. The Bertz CT molecular complexity index is 302. The largest absolute Gasteiger partial charge is 0.417 e. The number of alkyl halides is 3. The normalized spacial score (nSPS) is 12.4. The highest BCUT2D eigenvalue weighted by molar-refractivity contribution is 5.13. The Hall–Kier alpha value is -0.970. The number of rotatable bonds is 4. The SMILES string of the molecule is CC(C)NCCn1ccc(C(F)(F)F)c1. The van der Waals surface area contributed by atoms with Crippen LogP contribution in [0.5, 0.6) is 0 Å². The van der Waals surface area contributed by atoms with E-state index in [1.807, 2.05) is 13.8 Å². The lowest BCUT2D eigenvalue weighted by atomic mass is 10.3. The second-order valence-electron chi connectivity index (χ2n) is 3.74. The van der Waals surface area contributed by atoms with E-state index < -0.39 is 11.7 Å². The van der Waals surface area contributed by atoms with Gasteiger partial charge in [0.25, 0.3) is 0 Å². The molecule has 0 saturated heterocycles. The summed E-state index contributed by atoms with van der Waals surface area (Å²) in [5.41, 5.74) is -0.591. The highest BCUT2D eigenvalue weighted by Gasteiger charge is 2.31. The lowest BCUT2D eigenvalue weighted by molar-refractivity contribution is -0.137. The molecule has 1 aromatic heterocycles. The van der Waals surface area contributed by atoms with E-state index in [1.165, 1.54) is 10.8 Å². The van der Waals surface area contributed by atoms with E-state index in [0.717, 1.165) is 12.3 Å². The smallest absolute Gasteiger partial charge is 0.352 e. The van der Waals surface area contributed by atoms with Crippen molar-refractivity contribution in [1.29, 1.82) is 0 Å². The van der Waals surface area contributed by atoms with Gasteiger partial charge in [0.1, 0.15) is 0 Å². The minimum absolute atomic E-state index is 0.350. The first-order valence-electron chi connectivity index (χ1n) is 4.86. The molecule has 1 rings (SSSR count). The zero-order chi connectivity index (χ0) is 11.5. The summed E-state index contributed by atoms with van der Waals surface area (Å²) in [6.07, 6.45) is -1.66. The van der Waals surface area contributed by atoms with Crippen LogP contribution in [0.15, 0.2) is 18.5 Å². The Morgan fingerprint density at radius 2 is 2.07 bits per heavy atom. The molecule has 0 spiro atoms. The van der Waals surface area contributed by atoms with Gasteiger partial charge in [-0.3, -0.25) is 0 Å². The van der Waals surface area contributed by atoms with Crippen LogP contribution in [0.2, 0.25) is 0 Å². The summed E-state index contributed by atoms with van der Waals surface area (Å²) in [6.45, 7) is 5.21. The van der Waals surface area contributed by atoms with Gasteiger partial charge in [0.05, 0.1) is 5.56 Å². The van der Waals surface area contributed by atoms with Crippen LogP contribution in [0.4, 0.5) is 13.2 Å². The fraction of sp³-hybridized carbons (Fsp3) is 0.600. The third-order valence-electron chi connectivity index (χ3n) is 2.00. The molecular formula is C10H15F3N2. The van der Waals surface area contributed by atoms with E-state index in [-0.39, 0.29) is 0 Å². The van der Waals surface area contributed by atoms with E-state index in [9.17, 15) is 13.2 Å². The summed E-state index contributed by atoms with van der Waals surface area (Å²) in [7, 11) is 0. The third-order valence-corrected chi connectivity index (χ3v) is 2.00. The molecule has 0 aliphatic rings. The molecule has 1 heterocycles. The Kier molecular flexibility index (Phi) is 3.79. The summed E-state index contributed by atoms with van der Waals surface area (Å²) in [6, 6.07) is 1.44. The summed E-state index contributed by atoms with van der Waals surface area (Å²) < 4.78 is 38.2. The first-order valence-corrected chi connectivity index (χ1v) is 4.86. The number of hydrogen-bond donors (Lipinski definition) is 1. The number of nitrogens with zero attached hydrogens (tertiary/aromatic N) is 1. The van der Waals surface area contributed by atoms with E-state index >= 15 is 0 Å². The molecule has 1 aromatic rings. The van der Waals surface area contributed by atoms with Crippen molar-refractivity contribution in [3.63, 3.8) is 0 Å². The third kappa shape index (κ3) is 3.95. The van der Waals surface area contributed by atoms with E-state index in [1.54, 1.807) is 0 Å². The predicted molar refractivity (Wildman–Crippen MR) is 52.6 cm³/mol. The van der Waals surface area contributed by atoms with Crippen LogP contribution in [0, 0.1) is 0 Å². The van der Waals surface area contributed by atoms with Gasteiger partial charge in [-0.05, 0) is 6.07 Å². The van der Waals surface area contributed by atoms with E-state index in [0.29, 0.717) is 19.1 Å². The summed E-state index contributed by atoms with van der Waals surface area (Å²) in [5.74, 6) is 0. The molecule has 86 valence electrons. The number of hydrogen-bond acceptors (Lipinski definition) is 1. The Balaban J connectivity index is 2.47. The molecule has 15 heavy (non-hydrogen) atoms. The van der Waals surface area contributed by atoms with Crippen molar-refractivity contribution < 1.29 is 13.2 Å². The average Bonchev–Trinajstić information content (AvgIpc) is 2.51. The van der Waals surface area contributed by atoms with Crippen LogP contribution >= 0.6 is 0 Å². The summed E-state index contributed by atoms with van der Waals surface area (Å²) >= 11 is 0. The zero-order valence-electron chi connectivity index (χ0n) is 8.80. The quantitative estimate of drug-likeness (QED) is 0.825. The van der Waals surface area contributed by atoms with Gasteiger partial charge in [-0.25, -0.2) is 0 Å². The van der Waals surface area contributed by atoms with Gasteiger partial charge in [0, 0.05) is 31.5 Å². The maximum atomic E-state index is 12.2. The van der Waals surface area contributed by atoms with E-state index in [4.69, 9.17) is 0 Å². The van der Waals surface area contributed by atoms with Crippen molar-refractivity contribution in [3.05, 3.63) is 24.0 Å².